The zero-order valence-corrected chi connectivity index (χ0v) is 14.9. The zero-order valence-electron chi connectivity index (χ0n) is 10.8. The lowest BCUT2D eigenvalue weighted by atomic mass is 9.90. The fourth-order valence-corrected chi connectivity index (χ4v) is 6.15. The first kappa shape index (κ1) is 17.4. The highest BCUT2D eigenvalue weighted by Gasteiger charge is 2.39. The molecule has 0 spiro atoms. The summed E-state index contributed by atoms with van der Waals surface area (Å²) in [6.45, 7) is 5.46. The summed E-state index contributed by atoms with van der Waals surface area (Å²) in [5, 5.41) is 0. The Hall–Kier alpha value is 0.340. The van der Waals surface area contributed by atoms with Gasteiger partial charge in [0.2, 0.25) is 10.0 Å². The molecule has 8 heteroatoms. The largest absolute Gasteiger partial charge is 0.330 e. The molecule has 1 fully saturated rings. The summed E-state index contributed by atoms with van der Waals surface area (Å²) in [4.78, 5) is 1.24. The molecule has 1 aromatic rings. The van der Waals surface area contributed by atoms with Crippen LogP contribution in [0.3, 0.4) is 0 Å². The SMILES string of the molecule is Cc1sc(Br)cc1S(=O)(=O)N1CCC(C)(CN)C1.Cl. The van der Waals surface area contributed by atoms with E-state index in [4.69, 9.17) is 5.73 Å². The van der Waals surface area contributed by atoms with Gasteiger partial charge < -0.3 is 5.73 Å². The molecule has 2 heterocycles. The number of nitrogens with two attached hydrogens (primary N) is 1. The first-order chi connectivity index (χ1) is 8.28. The van der Waals surface area contributed by atoms with Gasteiger partial charge in [0.15, 0.2) is 0 Å². The number of hydrogen-bond acceptors (Lipinski definition) is 4. The van der Waals surface area contributed by atoms with E-state index in [1.807, 2.05) is 13.8 Å². The minimum Gasteiger partial charge on any atom is -0.330 e. The number of thiophene rings is 1. The monoisotopic (exact) mass is 388 g/mol. The first-order valence-electron chi connectivity index (χ1n) is 5.75. The van der Waals surface area contributed by atoms with Crippen molar-refractivity contribution in [2.45, 2.75) is 25.2 Å². The normalized spacial score (nSPS) is 24.4. The summed E-state index contributed by atoms with van der Waals surface area (Å²) in [7, 11) is -3.37. The van der Waals surface area contributed by atoms with E-state index in [0.29, 0.717) is 24.5 Å². The third kappa shape index (κ3) is 3.33. The molecule has 0 amide bonds. The van der Waals surface area contributed by atoms with Gasteiger partial charge in [-0.15, -0.1) is 23.7 Å². The number of nitrogens with zero attached hydrogens (tertiary/aromatic N) is 1. The number of aryl methyl sites for hydroxylation is 1. The second-order valence-corrected chi connectivity index (χ2v) is 9.62. The summed E-state index contributed by atoms with van der Waals surface area (Å²) in [5.74, 6) is 0. The Kier molecular flexibility index (Phi) is 5.48. The molecule has 0 aliphatic carbocycles. The van der Waals surface area contributed by atoms with Gasteiger partial charge in [-0.1, -0.05) is 6.92 Å². The third-order valence-corrected chi connectivity index (χ3v) is 7.13. The Morgan fingerprint density at radius 1 is 1.58 bits per heavy atom. The van der Waals surface area contributed by atoms with E-state index in [1.165, 1.54) is 11.3 Å². The fourth-order valence-electron chi connectivity index (χ4n) is 2.18. The van der Waals surface area contributed by atoms with E-state index in [9.17, 15) is 8.42 Å². The van der Waals surface area contributed by atoms with Crippen LogP contribution in [0.4, 0.5) is 0 Å². The van der Waals surface area contributed by atoms with Crippen molar-refractivity contribution >= 4 is 49.7 Å². The van der Waals surface area contributed by atoms with Crippen molar-refractivity contribution < 1.29 is 8.42 Å². The third-order valence-electron chi connectivity index (χ3n) is 3.48. The average molecular weight is 390 g/mol. The number of hydrogen-bond donors (Lipinski definition) is 1. The Morgan fingerprint density at radius 2 is 2.21 bits per heavy atom. The van der Waals surface area contributed by atoms with Gasteiger partial charge in [0, 0.05) is 18.0 Å². The van der Waals surface area contributed by atoms with Crippen molar-refractivity contribution in [1.29, 1.82) is 0 Å². The molecule has 19 heavy (non-hydrogen) atoms. The number of halogens is 2. The van der Waals surface area contributed by atoms with E-state index in [-0.39, 0.29) is 17.8 Å². The second-order valence-electron chi connectivity index (χ2n) is 5.07. The molecule has 1 unspecified atom stereocenters. The van der Waals surface area contributed by atoms with Gasteiger partial charge in [-0.2, -0.15) is 4.31 Å². The highest BCUT2D eigenvalue weighted by molar-refractivity contribution is 9.11. The van der Waals surface area contributed by atoms with Gasteiger partial charge in [0.25, 0.3) is 0 Å². The van der Waals surface area contributed by atoms with Crippen LogP contribution >= 0.6 is 39.7 Å². The maximum atomic E-state index is 12.5. The fraction of sp³-hybridized carbons (Fsp3) is 0.636. The molecular weight excluding hydrogens is 372 g/mol. The molecule has 1 aromatic heterocycles. The van der Waals surface area contributed by atoms with Crippen molar-refractivity contribution in [2.75, 3.05) is 19.6 Å². The molecular formula is C11H18BrClN2O2S2. The zero-order chi connectivity index (χ0) is 13.6. The van der Waals surface area contributed by atoms with Crippen LogP contribution in [-0.2, 0) is 10.0 Å². The van der Waals surface area contributed by atoms with Crippen LogP contribution in [0.5, 0.6) is 0 Å². The minimum atomic E-state index is -3.37. The van der Waals surface area contributed by atoms with Gasteiger partial charge in [0.05, 0.1) is 8.68 Å². The maximum absolute atomic E-state index is 12.5. The van der Waals surface area contributed by atoms with Crippen LogP contribution in [-0.4, -0.2) is 32.4 Å². The lowest BCUT2D eigenvalue weighted by Gasteiger charge is -2.22. The molecule has 1 aliphatic heterocycles. The van der Waals surface area contributed by atoms with Gasteiger partial charge in [-0.25, -0.2) is 8.42 Å². The van der Waals surface area contributed by atoms with Gasteiger partial charge in [-0.3, -0.25) is 0 Å². The molecule has 2 rings (SSSR count). The van der Waals surface area contributed by atoms with E-state index in [2.05, 4.69) is 15.9 Å². The first-order valence-corrected chi connectivity index (χ1v) is 8.80. The molecule has 4 nitrogen and oxygen atoms in total. The van der Waals surface area contributed by atoms with E-state index in [0.717, 1.165) is 15.1 Å². The van der Waals surface area contributed by atoms with Crippen LogP contribution in [0.25, 0.3) is 0 Å². The van der Waals surface area contributed by atoms with Crippen LogP contribution < -0.4 is 5.73 Å². The van der Waals surface area contributed by atoms with Gasteiger partial charge in [0.1, 0.15) is 0 Å². The summed E-state index contributed by atoms with van der Waals surface area (Å²) in [5.41, 5.74) is 5.63. The highest BCUT2D eigenvalue weighted by Crippen LogP contribution is 2.36. The molecule has 1 aliphatic rings. The van der Waals surface area contributed by atoms with E-state index < -0.39 is 10.0 Å². The van der Waals surface area contributed by atoms with Crippen molar-refractivity contribution in [1.82, 2.24) is 4.31 Å². The maximum Gasteiger partial charge on any atom is 0.244 e. The van der Waals surface area contributed by atoms with Gasteiger partial charge >= 0.3 is 0 Å². The molecule has 1 atom stereocenters. The summed E-state index contributed by atoms with van der Waals surface area (Å²) in [6, 6.07) is 1.69. The van der Waals surface area contributed by atoms with E-state index in [1.54, 1.807) is 10.4 Å². The lowest BCUT2D eigenvalue weighted by molar-refractivity contribution is 0.349. The summed E-state index contributed by atoms with van der Waals surface area (Å²) < 4.78 is 27.5. The number of rotatable bonds is 3. The van der Waals surface area contributed by atoms with Crippen molar-refractivity contribution in [3.05, 3.63) is 14.7 Å². The van der Waals surface area contributed by atoms with Crippen LogP contribution in [0.1, 0.15) is 18.2 Å². The van der Waals surface area contributed by atoms with E-state index >= 15 is 0 Å². The molecule has 0 bridgehead atoms. The van der Waals surface area contributed by atoms with Crippen LogP contribution in [0.15, 0.2) is 14.7 Å². The van der Waals surface area contributed by atoms with Crippen LogP contribution in [0.2, 0.25) is 0 Å². The molecule has 0 aromatic carbocycles. The number of sulfonamides is 1. The predicted octanol–water partition coefficient (Wildman–Crippen LogP) is 2.60. The predicted molar refractivity (Wildman–Crippen MR) is 84.5 cm³/mol. The quantitative estimate of drug-likeness (QED) is 0.864. The molecule has 110 valence electrons. The standard InChI is InChI=1S/C11H17BrN2O2S2.ClH/c1-8-9(5-10(12)17-8)18(15,16)14-4-3-11(2,6-13)7-14;/h5H,3-4,6-7,13H2,1-2H3;1H. The molecule has 0 radical (unpaired) electrons. The average Bonchev–Trinajstić information content (AvgIpc) is 2.84. The topological polar surface area (TPSA) is 63.4 Å². The van der Waals surface area contributed by atoms with Crippen molar-refractivity contribution in [3.8, 4) is 0 Å². The minimum absolute atomic E-state index is 0. The highest BCUT2D eigenvalue weighted by atomic mass is 79.9. The van der Waals surface area contributed by atoms with Crippen LogP contribution in [0, 0.1) is 12.3 Å². The molecule has 2 N–H and O–H groups in total. The Morgan fingerprint density at radius 3 is 2.63 bits per heavy atom. The Bertz CT molecular complexity index is 561. The Balaban J connectivity index is 0.00000180. The van der Waals surface area contributed by atoms with Gasteiger partial charge in [-0.05, 0) is 47.3 Å². The lowest BCUT2D eigenvalue weighted by Crippen LogP contribution is -2.34. The van der Waals surface area contributed by atoms with Crippen molar-refractivity contribution in [3.63, 3.8) is 0 Å². The molecule has 1 saturated heterocycles. The second kappa shape index (κ2) is 5.99. The summed E-state index contributed by atoms with van der Waals surface area (Å²) in [6.07, 6.45) is 0.826. The summed E-state index contributed by atoms with van der Waals surface area (Å²) >= 11 is 4.78. The smallest absolute Gasteiger partial charge is 0.244 e. The Labute approximate surface area is 133 Å². The molecule has 0 saturated carbocycles. The van der Waals surface area contributed by atoms with Crippen molar-refractivity contribution in [2.24, 2.45) is 11.1 Å².